The number of carbonyl (C=O) groups is 1. The zero-order chi connectivity index (χ0) is 19.8. The molecule has 0 spiro atoms. The number of furan rings is 1. The normalized spacial score (nSPS) is 18.1. The second-order valence-electron chi connectivity index (χ2n) is 5.53. The van der Waals surface area contributed by atoms with Crippen molar-refractivity contribution >= 4 is 40.3 Å². The summed E-state index contributed by atoms with van der Waals surface area (Å²) >= 11 is 6.74. The standard InChI is InChI=1S/C19H20N2O2S2.C2H6/c1-3-20(4-2)14-7-5-8-15(11-10-14)21-18(22)17(25-19(21)24)13-16-9-6-12-23-16;1-2/h6-13H,3-5H2,1-2H3;1-2H3/b17-13+;. The number of likely N-dealkylation sites (N-methyl/N-ethyl adjacent to an activating group) is 1. The molecule has 0 N–H and O–H groups in total. The van der Waals surface area contributed by atoms with Crippen LogP contribution in [0.1, 0.15) is 39.9 Å². The quantitative estimate of drug-likeness (QED) is 0.475. The van der Waals surface area contributed by atoms with Crippen LogP contribution in [0.4, 0.5) is 0 Å². The van der Waals surface area contributed by atoms with E-state index in [2.05, 4.69) is 30.9 Å². The molecule has 1 aliphatic heterocycles. The lowest BCUT2D eigenvalue weighted by atomic mass is 10.3. The number of carbonyl (C=O) groups excluding carboxylic acids is 1. The third-order valence-corrected chi connectivity index (χ3v) is 5.38. The van der Waals surface area contributed by atoms with E-state index in [4.69, 9.17) is 16.6 Å². The van der Waals surface area contributed by atoms with Crippen LogP contribution in [0.15, 0.2) is 63.4 Å². The van der Waals surface area contributed by atoms with Gasteiger partial charge in [0.25, 0.3) is 5.91 Å². The summed E-state index contributed by atoms with van der Waals surface area (Å²) in [5, 5.41) is 0. The van der Waals surface area contributed by atoms with Crippen molar-refractivity contribution in [2.75, 3.05) is 13.1 Å². The first kappa shape index (κ1) is 21.3. The van der Waals surface area contributed by atoms with Crippen LogP contribution in [0, 0.1) is 0 Å². The van der Waals surface area contributed by atoms with Gasteiger partial charge in [-0.15, -0.1) is 0 Å². The van der Waals surface area contributed by atoms with E-state index in [-0.39, 0.29) is 5.91 Å². The molecule has 0 aromatic carbocycles. The molecule has 27 heavy (non-hydrogen) atoms. The highest BCUT2D eigenvalue weighted by molar-refractivity contribution is 8.26. The predicted octanol–water partition coefficient (Wildman–Crippen LogP) is 5.58. The van der Waals surface area contributed by atoms with Crippen molar-refractivity contribution in [1.29, 1.82) is 0 Å². The zero-order valence-electron chi connectivity index (χ0n) is 16.3. The molecule has 0 atom stereocenters. The summed E-state index contributed by atoms with van der Waals surface area (Å²) in [5.74, 6) is 0.546. The third kappa shape index (κ3) is 5.02. The molecule has 1 aromatic rings. The summed E-state index contributed by atoms with van der Waals surface area (Å²) in [6.45, 7) is 10.2. The van der Waals surface area contributed by atoms with Gasteiger partial charge >= 0.3 is 0 Å². The minimum Gasteiger partial charge on any atom is -0.465 e. The first-order valence-corrected chi connectivity index (χ1v) is 10.5. The van der Waals surface area contributed by atoms with E-state index in [1.807, 2.05) is 32.1 Å². The molecule has 6 heteroatoms. The van der Waals surface area contributed by atoms with Crippen molar-refractivity contribution < 1.29 is 9.21 Å². The van der Waals surface area contributed by atoms with Gasteiger partial charge in [-0.05, 0) is 44.6 Å². The molecule has 0 unspecified atom stereocenters. The second-order valence-corrected chi connectivity index (χ2v) is 7.21. The molecule has 2 aliphatic rings. The van der Waals surface area contributed by atoms with Gasteiger partial charge in [-0.1, -0.05) is 50.0 Å². The number of thiocarbonyl (C=S) groups is 1. The van der Waals surface area contributed by atoms with Gasteiger partial charge in [0.15, 0.2) is 4.32 Å². The molecule has 0 saturated carbocycles. The molecular weight excluding hydrogens is 376 g/mol. The van der Waals surface area contributed by atoms with Crippen molar-refractivity contribution in [2.45, 2.75) is 34.1 Å². The Hall–Kier alpha value is -2.05. The van der Waals surface area contributed by atoms with Crippen LogP contribution >= 0.6 is 24.0 Å². The van der Waals surface area contributed by atoms with Crippen molar-refractivity contribution in [3.05, 3.63) is 64.8 Å². The Morgan fingerprint density at radius 1 is 1.26 bits per heavy atom. The van der Waals surface area contributed by atoms with Crippen molar-refractivity contribution in [3.8, 4) is 0 Å². The van der Waals surface area contributed by atoms with E-state index in [1.165, 1.54) is 17.5 Å². The summed E-state index contributed by atoms with van der Waals surface area (Å²) in [6.07, 6.45) is 12.3. The molecule has 3 rings (SSSR count). The van der Waals surface area contributed by atoms with Crippen LogP contribution in [0.2, 0.25) is 0 Å². The van der Waals surface area contributed by atoms with E-state index in [1.54, 1.807) is 23.3 Å². The maximum absolute atomic E-state index is 12.8. The smallest absolute Gasteiger partial charge is 0.270 e. The van der Waals surface area contributed by atoms with Gasteiger partial charge in [0.2, 0.25) is 0 Å². The largest absolute Gasteiger partial charge is 0.465 e. The minimum absolute atomic E-state index is 0.103. The highest BCUT2D eigenvalue weighted by Crippen LogP contribution is 2.36. The lowest BCUT2D eigenvalue weighted by Gasteiger charge is -2.22. The Bertz CT molecular complexity index is 785. The number of allylic oxidation sites excluding steroid dienone is 4. The van der Waals surface area contributed by atoms with Crippen LogP contribution in [0.25, 0.3) is 6.08 Å². The lowest BCUT2D eigenvalue weighted by Crippen LogP contribution is -2.26. The van der Waals surface area contributed by atoms with Gasteiger partial charge in [0.05, 0.1) is 11.2 Å². The number of rotatable bonds is 5. The number of amides is 1. The van der Waals surface area contributed by atoms with Crippen LogP contribution in [-0.4, -0.2) is 33.1 Å². The fraction of sp³-hybridized carbons (Fsp3) is 0.333. The summed E-state index contributed by atoms with van der Waals surface area (Å²) in [6, 6.07) is 3.61. The molecule has 1 saturated heterocycles. The van der Waals surface area contributed by atoms with Crippen LogP contribution in [-0.2, 0) is 4.79 Å². The number of nitrogens with zero attached hydrogens (tertiary/aromatic N) is 2. The molecule has 144 valence electrons. The zero-order valence-corrected chi connectivity index (χ0v) is 17.9. The number of hydrogen-bond donors (Lipinski definition) is 0. The Kier molecular flexibility index (Phi) is 8.13. The Labute approximate surface area is 171 Å². The summed E-state index contributed by atoms with van der Waals surface area (Å²) in [7, 11) is 0. The fourth-order valence-electron chi connectivity index (χ4n) is 2.79. The molecule has 1 fully saturated rings. The van der Waals surface area contributed by atoms with Gasteiger partial charge in [0.1, 0.15) is 5.76 Å². The molecule has 0 radical (unpaired) electrons. The average molecular weight is 403 g/mol. The molecule has 4 nitrogen and oxygen atoms in total. The molecule has 1 amide bonds. The first-order valence-electron chi connectivity index (χ1n) is 9.28. The summed E-state index contributed by atoms with van der Waals surface area (Å²) in [4.78, 5) is 17.3. The van der Waals surface area contributed by atoms with Gasteiger partial charge < -0.3 is 9.32 Å². The van der Waals surface area contributed by atoms with E-state index in [0.29, 0.717) is 15.0 Å². The highest BCUT2D eigenvalue weighted by atomic mass is 32.2. The third-order valence-electron chi connectivity index (χ3n) is 4.08. The minimum atomic E-state index is -0.103. The van der Waals surface area contributed by atoms with Crippen molar-refractivity contribution in [1.82, 2.24) is 9.80 Å². The topological polar surface area (TPSA) is 36.7 Å². The van der Waals surface area contributed by atoms with Gasteiger partial charge in [-0.3, -0.25) is 9.69 Å². The van der Waals surface area contributed by atoms with Crippen LogP contribution in [0.3, 0.4) is 0 Å². The Morgan fingerprint density at radius 3 is 2.63 bits per heavy atom. The fourth-order valence-corrected chi connectivity index (χ4v) is 4.07. The molecule has 0 bridgehead atoms. The molecule has 1 aliphatic carbocycles. The first-order chi connectivity index (χ1) is 13.1. The second kappa shape index (κ2) is 10.3. The molecular formula is C21H26N2O2S2. The van der Waals surface area contributed by atoms with Crippen molar-refractivity contribution in [2.24, 2.45) is 0 Å². The average Bonchev–Trinajstić information content (AvgIpc) is 3.21. The van der Waals surface area contributed by atoms with E-state index < -0.39 is 0 Å². The SMILES string of the molecule is CC.CCN(CC)C1=CCC=C(N2C(=O)/C(=C\c3ccco3)SC2=S)C=C1. The summed E-state index contributed by atoms with van der Waals surface area (Å²) < 4.78 is 5.84. The van der Waals surface area contributed by atoms with E-state index >= 15 is 0 Å². The predicted molar refractivity (Wildman–Crippen MR) is 118 cm³/mol. The Balaban J connectivity index is 0.00000126. The lowest BCUT2D eigenvalue weighted by molar-refractivity contribution is -0.120. The van der Waals surface area contributed by atoms with Crippen LogP contribution < -0.4 is 0 Å². The van der Waals surface area contributed by atoms with E-state index in [9.17, 15) is 4.79 Å². The van der Waals surface area contributed by atoms with Gasteiger partial charge in [-0.2, -0.15) is 0 Å². The Morgan fingerprint density at radius 2 is 2.00 bits per heavy atom. The monoisotopic (exact) mass is 402 g/mol. The van der Waals surface area contributed by atoms with Gasteiger partial charge in [-0.25, -0.2) is 0 Å². The van der Waals surface area contributed by atoms with E-state index in [0.717, 1.165) is 25.2 Å². The number of hydrogen-bond acceptors (Lipinski definition) is 5. The highest BCUT2D eigenvalue weighted by Gasteiger charge is 2.34. The van der Waals surface area contributed by atoms with Crippen molar-refractivity contribution in [3.63, 3.8) is 0 Å². The maximum atomic E-state index is 12.8. The molecule has 2 heterocycles. The van der Waals surface area contributed by atoms with Gasteiger partial charge in [0, 0.05) is 30.6 Å². The maximum Gasteiger partial charge on any atom is 0.270 e. The summed E-state index contributed by atoms with van der Waals surface area (Å²) in [5.41, 5.74) is 2.00. The van der Waals surface area contributed by atoms with Crippen LogP contribution in [0.5, 0.6) is 0 Å². The number of thioether (sulfide) groups is 1. The molecule has 1 aromatic heterocycles.